The van der Waals surface area contributed by atoms with E-state index in [0.717, 1.165) is 32.2 Å². The molecule has 4 nitrogen and oxygen atoms in total. The van der Waals surface area contributed by atoms with Gasteiger partial charge in [0.25, 0.3) is 0 Å². The van der Waals surface area contributed by atoms with Gasteiger partial charge in [0.1, 0.15) is 5.60 Å². The summed E-state index contributed by atoms with van der Waals surface area (Å²) >= 11 is 0. The number of nitrogens with one attached hydrogen (secondary N) is 1. The van der Waals surface area contributed by atoms with Gasteiger partial charge in [0.15, 0.2) is 0 Å². The van der Waals surface area contributed by atoms with Crippen LogP contribution in [0.3, 0.4) is 0 Å². The lowest BCUT2D eigenvalue weighted by molar-refractivity contribution is -0.0498. The normalized spacial score (nSPS) is 34.0. The minimum absolute atomic E-state index is 0. The van der Waals surface area contributed by atoms with Crippen LogP contribution in [0, 0.1) is 5.41 Å². The quantitative estimate of drug-likeness (QED) is 0.815. The summed E-state index contributed by atoms with van der Waals surface area (Å²) in [4.78, 5) is 11.8. The van der Waals surface area contributed by atoms with Crippen LogP contribution in [0.4, 0.5) is 4.79 Å². The smallest absolute Gasteiger partial charge is 0.408 e. The van der Waals surface area contributed by atoms with Crippen molar-refractivity contribution in [3.63, 3.8) is 0 Å². The number of alkyl carbamates (subject to hydrolysis) is 1. The van der Waals surface area contributed by atoms with E-state index in [9.17, 15) is 4.79 Å². The average molecular weight is 277 g/mol. The minimum atomic E-state index is -0.426. The van der Waals surface area contributed by atoms with Crippen LogP contribution >= 0.6 is 12.4 Å². The Labute approximate surface area is 115 Å². The number of hydrogen-bond acceptors (Lipinski definition) is 3. The Morgan fingerprint density at radius 2 is 1.94 bits per heavy atom. The molecule has 1 amide bonds. The van der Waals surface area contributed by atoms with E-state index < -0.39 is 5.60 Å². The highest BCUT2D eigenvalue weighted by molar-refractivity contribution is 5.85. The summed E-state index contributed by atoms with van der Waals surface area (Å²) in [7, 11) is 0. The Morgan fingerprint density at radius 1 is 1.33 bits per heavy atom. The molecule has 0 radical (unpaired) electrons. The molecule has 3 N–H and O–H groups in total. The maximum atomic E-state index is 11.8. The van der Waals surface area contributed by atoms with Gasteiger partial charge in [-0.3, -0.25) is 0 Å². The van der Waals surface area contributed by atoms with Crippen LogP contribution in [0.2, 0.25) is 0 Å². The van der Waals surface area contributed by atoms with Crippen molar-refractivity contribution in [3.8, 4) is 0 Å². The first kappa shape index (κ1) is 15.6. The summed E-state index contributed by atoms with van der Waals surface area (Å²) in [6.45, 7) is 6.40. The van der Waals surface area contributed by atoms with Gasteiger partial charge in [0, 0.05) is 5.54 Å². The SMILES string of the molecule is CC(C)(C)OC(=O)NC12CCCC(CN)(C1)C2.Cl. The molecule has 0 heterocycles. The fraction of sp³-hybridized carbons (Fsp3) is 0.923. The Morgan fingerprint density at radius 3 is 2.44 bits per heavy atom. The van der Waals surface area contributed by atoms with Gasteiger partial charge in [0.2, 0.25) is 0 Å². The Kier molecular flexibility index (Phi) is 4.23. The number of carbonyl (C=O) groups excluding carboxylic acids is 1. The first-order chi connectivity index (χ1) is 7.78. The van der Waals surface area contributed by atoms with Crippen molar-refractivity contribution in [3.05, 3.63) is 0 Å². The zero-order valence-corrected chi connectivity index (χ0v) is 12.4. The highest BCUT2D eigenvalue weighted by Crippen LogP contribution is 2.57. The fourth-order valence-corrected chi connectivity index (χ4v) is 3.46. The highest BCUT2D eigenvalue weighted by Gasteiger charge is 2.57. The third-order valence-corrected chi connectivity index (χ3v) is 3.99. The van der Waals surface area contributed by atoms with E-state index in [1.807, 2.05) is 20.8 Å². The molecule has 3 rings (SSSR count). The maximum absolute atomic E-state index is 11.8. The summed E-state index contributed by atoms with van der Waals surface area (Å²) in [6, 6.07) is 0. The number of amides is 1. The van der Waals surface area contributed by atoms with Crippen LogP contribution in [0.5, 0.6) is 0 Å². The molecule has 3 saturated carbocycles. The first-order valence-corrected chi connectivity index (χ1v) is 6.50. The van der Waals surface area contributed by atoms with Crippen molar-refractivity contribution in [2.75, 3.05) is 6.54 Å². The predicted octanol–water partition coefficient (Wildman–Crippen LogP) is 2.59. The van der Waals surface area contributed by atoms with Crippen LogP contribution in [-0.2, 0) is 4.74 Å². The summed E-state index contributed by atoms with van der Waals surface area (Å²) < 4.78 is 5.32. The van der Waals surface area contributed by atoms with Crippen molar-refractivity contribution in [1.82, 2.24) is 5.32 Å². The summed E-state index contributed by atoms with van der Waals surface area (Å²) in [5.41, 5.74) is 5.67. The van der Waals surface area contributed by atoms with Crippen molar-refractivity contribution in [1.29, 1.82) is 0 Å². The molecule has 0 aromatic carbocycles. The van der Waals surface area contributed by atoms with E-state index in [2.05, 4.69) is 5.32 Å². The lowest BCUT2D eigenvalue weighted by Gasteiger charge is -2.60. The predicted molar refractivity (Wildman–Crippen MR) is 73.9 cm³/mol. The fourth-order valence-electron chi connectivity index (χ4n) is 3.46. The third-order valence-electron chi connectivity index (χ3n) is 3.99. The van der Waals surface area contributed by atoms with Crippen molar-refractivity contribution < 1.29 is 9.53 Å². The Hall–Kier alpha value is -0.480. The molecule has 0 aromatic heterocycles. The third kappa shape index (κ3) is 3.09. The summed E-state index contributed by atoms with van der Waals surface area (Å²) in [5, 5.41) is 3.06. The van der Waals surface area contributed by atoms with Gasteiger partial charge < -0.3 is 15.8 Å². The van der Waals surface area contributed by atoms with Gasteiger partial charge in [-0.15, -0.1) is 12.4 Å². The second-order valence-electron chi connectivity index (χ2n) is 6.82. The molecule has 0 atom stereocenters. The van der Waals surface area contributed by atoms with Crippen molar-refractivity contribution in [2.45, 2.75) is 64.0 Å². The van der Waals surface area contributed by atoms with Gasteiger partial charge in [-0.25, -0.2) is 4.79 Å². The summed E-state index contributed by atoms with van der Waals surface area (Å²) in [6.07, 6.45) is 5.19. The van der Waals surface area contributed by atoms with Crippen LogP contribution in [0.1, 0.15) is 52.9 Å². The Bertz CT molecular complexity index is 319. The highest BCUT2D eigenvalue weighted by atomic mass is 35.5. The van der Waals surface area contributed by atoms with Crippen LogP contribution in [-0.4, -0.2) is 23.8 Å². The number of ether oxygens (including phenoxy) is 1. The van der Waals surface area contributed by atoms with E-state index >= 15 is 0 Å². The zero-order chi connectivity index (χ0) is 12.7. The first-order valence-electron chi connectivity index (χ1n) is 6.50. The molecule has 0 aromatic rings. The number of carbonyl (C=O) groups is 1. The zero-order valence-electron chi connectivity index (χ0n) is 11.5. The average Bonchev–Trinajstić information content (AvgIpc) is 2.13. The molecule has 3 aliphatic carbocycles. The van der Waals surface area contributed by atoms with E-state index in [1.165, 1.54) is 6.42 Å². The van der Waals surface area contributed by atoms with E-state index in [4.69, 9.17) is 10.5 Å². The maximum Gasteiger partial charge on any atom is 0.408 e. The summed E-state index contributed by atoms with van der Waals surface area (Å²) in [5.74, 6) is 0. The molecule has 0 spiro atoms. The van der Waals surface area contributed by atoms with Gasteiger partial charge in [0.05, 0.1) is 0 Å². The van der Waals surface area contributed by atoms with Gasteiger partial charge in [-0.05, 0) is 58.4 Å². The molecule has 2 bridgehead atoms. The number of hydrogen-bond donors (Lipinski definition) is 2. The Balaban J connectivity index is 0.00000162. The molecular formula is C13H25ClN2O2. The second-order valence-corrected chi connectivity index (χ2v) is 6.82. The molecule has 3 fully saturated rings. The molecular weight excluding hydrogens is 252 g/mol. The topological polar surface area (TPSA) is 64.3 Å². The van der Waals surface area contributed by atoms with E-state index in [1.54, 1.807) is 0 Å². The number of nitrogens with two attached hydrogens (primary N) is 1. The van der Waals surface area contributed by atoms with Gasteiger partial charge >= 0.3 is 6.09 Å². The van der Waals surface area contributed by atoms with Gasteiger partial charge in [-0.2, -0.15) is 0 Å². The molecule has 0 unspecified atom stereocenters. The second kappa shape index (κ2) is 4.89. The molecule has 0 aliphatic heterocycles. The van der Waals surface area contributed by atoms with Crippen molar-refractivity contribution >= 4 is 18.5 Å². The lowest BCUT2D eigenvalue weighted by Crippen LogP contribution is -2.66. The van der Waals surface area contributed by atoms with Crippen LogP contribution in [0.25, 0.3) is 0 Å². The number of rotatable bonds is 2. The van der Waals surface area contributed by atoms with Gasteiger partial charge in [-0.1, -0.05) is 6.42 Å². The van der Waals surface area contributed by atoms with E-state index in [0.29, 0.717) is 5.41 Å². The monoisotopic (exact) mass is 276 g/mol. The molecule has 3 aliphatic rings. The molecule has 5 heteroatoms. The number of halogens is 1. The van der Waals surface area contributed by atoms with Crippen LogP contribution < -0.4 is 11.1 Å². The molecule has 18 heavy (non-hydrogen) atoms. The molecule has 0 saturated heterocycles. The largest absolute Gasteiger partial charge is 0.444 e. The van der Waals surface area contributed by atoms with E-state index in [-0.39, 0.29) is 24.0 Å². The standard InChI is InChI=1S/C13H24N2O2.ClH/c1-11(2,3)17-10(16)15-13-6-4-5-12(7-13,8-13)9-14;/h4-9,14H2,1-3H3,(H,15,16);1H. The van der Waals surface area contributed by atoms with Crippen molar-refractivity contribution in [2.24, 2.45) is 11.1 Å². The number of fused-ring (bicyclic) bond motifs is 2. The lowest BCUT2D eigenvalue weighted by atomic mass is 9.50. The minimum Gasteiger partial charge on any atom is -0.444 e. The van der Waals surface area contributed by atoms with Crippen LogP contribution in [0.15, 0.2) is 0 Å². The molecule has 106 valence electrons.